The number of methoxy groups -OCH3 is 1. The molecule has 0 amide bonds. The fourth-order valence-electron chi connectivity index (χ4n) is 3.06. The number of benzene rings is 1. The zero-order valence-corrected chi connectivity index (χ0v) is 13.7. The van der Waals surface area contributed by atoms with E-state index in [-0.39, 0.29) is 0 Å². The Bertz CT molecular complexity index is 427. The molecule has 2 rings (SSSR count). The number of aryl methyl sites for hydroxylation is 1. The van der Waals surface area contributed by atoms with Gasteiger partial charge in [-0.25, -0.2) is 0 Å². The molecule has 1 fully saturated rings. The van der Waals surface area contributed by atoms with Gasteiger partial charge in [-0.05, 0) is 56.7 Å². The first kappa shape index (κ1) is 16.3. The van der Waals surface area contributed by atoms with Crippen LogP contribution in [0.5, 0.6) is 5.75 Å². The topological polar surface area (TPSA) is 30.5 Å². The first-order valence-corrected chi connectivity index (χ1v) is 8.20. The van der Waals surface area contributed by atoms with Crippen molar-refractivity contribution in [2.24, 2.45) is 5.92 Å². The van der Waals surface area contributed by atoms with Gasteiger partial charge in [-0.1, -0.05) is 19.1 Å². The molecule has 1 heterocycles. The van der Waals surface area contributed by atoms with Crippen molar-refractivity contribution in [1.82, 2.24) is 5.32 Å². The molecule has 1 aliphatic rings. The summed E-state index contributed by atoms with van der Waals surface area (Å²) in [5, 5.41) is 3.71. The number of hydrogen-bond acceptors (Lipinski definition) is 3. The Morgan fingerprint density at radius 3 is 2.76 bits per heavy atom. The fourth-order valence-corrected chi connectivity index (χ4v) is 3.06. The second-order valence-electron chi connectivity index (χ2n) is 6.04. The molecule has 0 aromatic heterocycles. The van der Waals surface area contributed by atoms with Gasteiger partial charge in [0.2, 0.25) is 0 Å². The Kier molecular flexibility index (Phi) is 6.52. The highest BCUT2D eigenvalue weighted by atomic mass is 16.5. The van der Waals surface area contributed by atoms with Crippen LogP contribution in [0.2, 0.25) is 0 Å². The van der Waals surface area contributed by atoms with Crippen LogP contribution in [-0.2, 0) is 4.74 Å². The lowest BCUT2D eigenvalue weighted by Gasteiger charge is -2.28. The first-order valence-electron chi connectivity index (χ1n) is 8.20. The predicted octanol–water partition coefficient (Wildman–Crippen LogP) is 3.86. The molecule has 0 spiro atoms. The molecule has 0 saturated carbocycles. The van der Waals surface area contributed by atoms with Crippen LogP contribution in [0.15, 0.2) is 18.2 Å². The molecule has 21 heavy (non-hydrogen) atoms. The van der Waals surface area contributed by atoms with Crippen molar-refractivity contribution in [3.63, 3.8) is 0 Å². The van der Waals surface area contributed by atoms with E-state index in [0.29, 0.717) is 6.04 Å². The summed E-state index contributed by atoms with van der Waals surface area (Å²) in [4.78, 5) is 0. The van der Waals surface area contributed by atoms with Gasteiger partial charge in [0.25, 0.3) is 0 Å². The summed E-state index contributed by atoms with van der Waals surface area (Å²) >= 11 is 0. The molecular formula is C18H29NO2. The lowest BCUT2D eigenvalue weighted by molar-refractivity contribution is 0.0604. The van der Waals surface area contributed by atoms with Gasteiger partial charge in [0.1, 0.15) is 5.75 Å². The zero-order valence-electron chi connectivity index (χ0n) is 13.7. The molecule has 1 atom stereocenters. The predicted molar refractivity (Wildman–Crippen MR) is 86.9 cm³/mol. The lowest BCUT2D eigenvalue weighted by atomic mass is 9.88. The molecule has 1 saturated heterocycles. The van der Waals surface area contributed by atoms with E-state index in [1.54, 1.807) is 7.11 Å². The summed E-state index contributed by atoms with van der Waals surface area (Å²) in [7, 11) is 1.77. The second kappa shape index (κ2) is 8.40. The van der Waals surface area contributed by atoms with Crippen LogP contribution in [0.1, 0.15) is 49.8 Å². The molecule has 1 N–H and O–H groups in total. The van der Waals surface area contributed by atoms with Crippen LogP contribution in [0, 0.1) is 12.8 Å². The highest BCUT2D eigenvalue weighted by Gasteiger charge is 2.22. The molecule has 0 aliphatic carbocycles. The standard InChI is InChI=1S/C18H29NO2/c1-4-9-19-17(13-15-7-10-21-11-8-15)16-6-5-14(2)12-18(16)20-3/h5-6,12,15,17,19H,4,7-11,13H2,1-3H3. The van der Waals surface area contributed by atoms with Crippen molar-refractivity contribution >= 4 is 0 Å². The molecule has 1 aliphatic heterocycles. The molecule has 0 bridgehead atoms. The van der Waals surface area contributed by atoms with Crippen molar-refractivity contribution in [2.75, 3.05) is 26.9 Å². The molecule has 118 valence electrons. The minimum absolute atomic E-state index is 0.378. The molecule has 3 heteroatoms. The Balaban J connectivity index is 2.13. The summed E-state index contributed by atoms with van der Waals surface area (Å²) in [6, 6.07) is 6.92. The van der Waals surface area contributed by atoms with E-state index in [2.05, 4.69) is 37.4 Å². The normalized spacial score (nSPS) is 17.7. The average molecular weight is 291 g/mol. The van der Waals surface area contributed by atoms with Crippen LogP contribution in [0.25, 0.3) is 0 Å². The molecule has 3 nitrogen and oxygen atoms in total. The van der Waals surface area contributed by atoms with Crippen LogP contribution in [0.3, 0.4) is 0 Å². The van der Waals surface area contributed by atoms with Crippen LogP contribution < -0.4 is 10.1 Å². The lowest BCUT2D eigenvalue weighted by Crippen LogP contribution is -2.27. The monoisotopic (exact) mass is 291 g/mol. The van der Waals surface area contributed by atoms with Gasteiger partial charge in [0, 0.05) is 24.8 Å². The third kappa shape index (κ3) is 4.72. The molecule has 1 aromatic rings. The van der Waals surface area contributed by atoms with Crippen LogP contribution in [0.4, 0.5) is 0 Å². The van der Waals surface area contributed by atoms with Gasteiger partial charge in [0.15, 0.2) is 0 Å². The summed E-state index contributed by atoms with van der Waals surface area (Å²) in [6.07, 6.45) is 4.68. The van der Waals surface area contributed by atoms with Crippen LogP contribution in [-0.4, -0.2) is 26.9 Å². The van der Waals surface area contributed by atoms with Gasteiger partial charge in [-0.2, -0.15) is 0 Å². The third-order valence-corrected chi connectivity index (χ3v) is 4.32. The minimum Gasteiger partial charge on any atom is -0.496 e. The third-order valence-electron chi connectivity index (χ3n) is 4.32. The molecular weight excluding hydrogens is 262 g/mol. The average Bonchev–Trinajstić information content (AvgIpc) is 2.52. The van der Waals surface area contributed by atoms with Crippen molar-refractivity contribution in [2.45, 2.75) is 45.6 Å². The number of nitrogens with one attached hydrogen (secondary N) is 1. The smallest absolute Gasteiger partial charge is 0.123 e. The number of ether oxygens (including phenoxy) is 2. The minimum atomic E-state index is 0.378. The number of hydrogen-bond donors (Lipinski definition) is 1. The molecule has 1 aromatic carbocycles. The highest BCUT2D eigenvalue weighted by Crippen LogP contribution is 2.33. The molecule has 0 radical (unpaired) electrons. The van der Waals surface area contributed by atoms with E-state index in [0.717, 1.165) is 37.8 Å². The van der Waals surface area contributed by atoms with E-state index in [4.69, 9.17) is 9.47 Å². The summed E-state index contributed by atoms with van der Waals surface area (Å²) in [5.41, 5.74) is 2.54. The van der Waals surface area contributed by atoms with E-state index in [1.165, 1.54) is 30.4 Å². The van der Waals surface area contributed by atoms with Crippen molar-refractivity contribution in [3.8, 4) is 5.75 Å². The van der Waals surface area contributed by atoms with Gasteiger partial charge in [-0.3, -0.25) is 0 Å². The van der Waals surface area contributed by atoms with Crippen molar-refractivity contribution in [3.05, 3.63) is 29.3 Å². The largest absolute Gasteiger partial charge is 0.496 e. The maximum Gasteiger partial charge on any atom is 0.123 e. The SMILES string of the molecule is CCCNC(CC1CCOCC1)c1ccc(C)cc1OC. The summed E-state index contributed by atoms with van der Waals surface area (Å²) in [6.45, 7) is 7.20. The second-order valence-corrected chi connectivity index (χ2v) is 6.04. The van der Waals surface area contributed by atoms with E-state index in [9.17, 15) is 0 Å². The van der Waals surface area contributed by atoms with Crippen LogP contribution >= 0.6 is 0 Å². The Hall–Kier alpha value is -1.06. The highest BCUT2D eigenvalue weighted by molar-refractivity contribution is 5.39. The quantitative estimate of drug-likeness (QED) is 0.827. The Morgan fingerprint density at radius 1 is 1.33 bits per heavy atom. The van der Waals surface area contributed by atoms with Crippen molar-refractivity contribution in [1.29, 1.82) is 0 Å². The van der Waals surface area contributed by atoms with E-state index >= 15 is 0 Å². The van der Waals surface area contributed by atoms with E-state index in [1.807, 2.05) is 0 Å². The summed E-state index contributed by atoms with van der Waals surface area (Å²) in [5.74, 6) is 1.76. The first-order chi connectivity index (χ1) is 10.2. The van der Waals surface area contributed by atoms with E-state index < -0.39 is 0 Å². The maximum atomic E-state index is 5.61. The molecule has 1 unspecified atom stereocenters. The Morgan fingerprint density at radius 2 is 2.10 bits per heavy atom. The Labute approximate surface area is 129 Å². The van der Waals surface area contributed by atoms with Crippen molar-refractivity contribution < 1.29 is 9.47 Å². The number of rotatable bonds is 7. The summed E-state index contributed by atoms with van der Waals surface area (Å²) < 4.78 is 11.1. The van der Waals surface area contributed by atoms with Gasteiger partial charge in [0.05, 0.1) is 7.11 Å². The van der Waals surface area contributed by atoms with Gasteiger partial charge >= 0.3 is 0 Å². The zero-order chi connectivity index (χ0) is 15.1. The van der Waals surface area contributed by atoms with Gasteiger partial charge < -0.3 is 14.8 Å². The maximum absolute atomic E-state index is 5.61. The van der Waals surface area contributed by atoms with Gasteiger partial charge in [-0.15, -0.1) is 0 Å². The fraction of sp³-hybridized carbons (Fsp3) is 0.667.